The summed E-state index contributed by atoms with van der Waals surface area (Å²) in [4.78, 5) is 15.5. The van der Waals surface area contributed by atoms with Crippen LogP contribution < -0.4 is 5.32 Å². The van der Waals surface area contributed by atoms with Crippen molar-refractivity contribution in [1.82, 2.24) is 15.5 Å². The summed E-state index contributed by atoms with van der Waals surface area (Å²) in [6.45, 7) is 0. The second kappa shape index (κ2) is 5.63. The fourth-order valence-electron chi connectivity index (χ4n) is 2.30. The van der Waals surface area contributed by atoms with Crippen molar-refractivity contribution < 1.29 is 9.32 Å². The monoisotopic (exact) mass is 291 g/mol. The number of hydrogen-bond donors (Lipinski definition) is 1. The molecule has 1 aliphatic rings. The lowest BCUT2D eigenvalue weighted by Crippen LogP contribution is -2.27. The van der Waals surface area contributed by atoms with Gasteiger partial charge in [-0.15, -0.1) is 0 Å². The fraction of sp³-hybridized carbons (Fsp3) is 0.357. The number of carbonyl (C=O) groups is 1. The van der Waals surface area contributed by atoms with Gasteiger partial charge in [-0.25, -0.2) is 0 Å². The molecule has 1 N–H and O–H groups in total. The predicted octanol–water partition coefficient (Wildman–Crippen LogP) is 2.13. The molecule has 1 aromatic carbocycles. The van der Waals surface area contributed by atoms with Crippen LogP contribution in [0.3, 0.4) is 0 Å². The van der Waals surface area contributed by atoms with E-state index < -0.39 is 0 Å². The zero-order valence-electron chi connectivity index (χ0n) is 10.8. The first kappa shape index (κ1) is 13.1. The molecule has 0 spiro atoms. The minimum atomic E-state index is 0.0924. The molecule has 0 saturated carbocycles. The second-order valence-corrected chi connectivity index (χ2v) is 5.29. The highest BCUT2D eigenvalue weighted by molar-refractivity contribution is 6.31. The topological polar surface area (TPSA) is 68.0 Å². The van der Waals surface area contributed by atoms with E-state index in [1.807, 2.05) is 24.3 Å². The molecule has 20 heavy (non-hydrogen) atoms. The Balaban J connectivity index is 1.65. The summed E-state index contributed by atoms with van der Waals surface area (Å²) in [6.07, 6.45) is 2.53. The first-order chi connectivity index (χ1) is 9.70. The van der Waals surface area contributed by atoms with E-state index in [1.54, 1.807) is 0 Å². The fourth-order valence-corrected chi connectivity index (χ4v) is 2.50. The van der Waals surface area contributed by atoms with Crippen molar-refractivity contribution in [3.63, 3.8) is 0 Å². The second-order valence-electron chi connectivity index (χ2n) is 4.88. The number of halogens is 1. The molecule has 0 radical (unpaired) electrons. The molecule has 1 unspecified atom stereocenters. The molecule has 1 saturated heterocycles. The summed E-state index contributed by atoms with van der Waals surface area (Å²) in [7, 11) is 0. The number of rotatable bonds is 4. The van der Waals surface area contributed by atoms with E-state index in [0.29, 0.717) is 36.0 Å². The number of carbonyl (C=O) groups excluding carboxylic acids is 1. The maximum absolute atomic E-state index is 11.1. The molecule has 5 nitrogen and oxygen atoms in total. The van der Waals surface area contributed by atoms with Crippen LogP contribution >= 0.6 is 11.6 Å². The van der Waals surface area contributed by atoms with E-state index >= 15 is 0 Å². The van der Waals surface area contributed by atoms with Gasteiger partial charge in [0.25, 0.3) is 0 Å². The standard InChI is InChI=1S/C14H14ClN3O2/c15-11-4-2-1-3-9(11)7-14-17-12(18-20-14)8-10-5-6-13(19)16-10/h1-4,10H,5-8H2,(H,16,19). The van der Waals surface area contributed by atoms with Gasteiger partial charge >= 0.3 is 0 Å². The van der Waals surface area contributed by atoms with Crippen molar-refractivity contribution in [2.45, 2.75) is 31.7 Å². The lowest BCUT2D eigenvalue weighted by molar-refractivity contribution is -0.119. The molecule has 2 heterocycles. The SMILES string of the molecule is O=C1CCC(Cc2noc(Cc3ccccc3Cl)n2)N1. The van der Waals surface area contributed by atoms with Crippen molar-refractivity contribution in [3.8, 4) is 0 Å². The third kappa shape index (κ3) is 2.99. The highest BCUT2D eigenvalue weighted by Gasteiger charge is 2.22. The van der Waals surface area contributed by atoms with Crippen molar-refractivity contribution in [1.29, 1.82) is 0 Å². The van der Waals surface area contributed by atoms with Crippen molar-refractivity contribution in [2.24, 2.45) is 0 Å². The first-order valence-corrected chi connectivity index (χ1v) is 6.93. The van der Waals surface area contributed by atoms with Crippen LogP contribution in [0.25, 0.3) is 0 Å². The molecule has 104 valence electrons. The highest BCUT2D eigenvalue weighted by atomic mass is 35.5. The molecule has 3 rings (SSSR count). The van der Waals surface area contributed by atoms with Crippen molar-refractivity contribution >= 4 is 17.5 Å². The Bertz CT molecular complexity index is 626. The van der Waals surface area contributed by atoms with Crippen LogP contribution in [0.2, 0.25) is 5.02 Å². The Morgan fingerprint density at radius 1 is 1.40 bits per heavy atom. The van der Waals surface area contributed by atoms with Crippen molar-refractivity contribution in [2.75, 3.05) is 0 Å². The van der Waals surface area contributed by atoms with Gasteiger partial charge in [0.2, 0.25) is 11.8 Å². The largest absolute Gasteiger partial charge is 0.353 e. The molecule has 1 fully saturated rings. The van der Waals surface area contributed by atoms with Gasteiger partial charge in [-0.1, -0.05) is 35.0 Å². The summed E-state index contributed by atoms with van der Waals surface area (Å²) in [5.74, 6) is 1.26. The van der Waals surface area contributed by atoms with Gasteiger partial charge in [0.05, 0.1) is 6.42 Å². The summed E-state index contributed by atoms with van der Waals surface area (Å²) in [6, 6.07) is 7.69. The Morgan fingerprint density at radius 2 is 2.25 bits per heavy atom. The lowest BCUT2D eigenvalue weighted by Gasteiger charge is -2.04. The number of aromatic nitrogens is 2. The van der Waals surface area contributed by atoms with Crippen LogP contribution in [-0.4, -0.2) is 22.1 Å². The Morgan fingerprint density at radius 3 is 3.00 bits per heavy atom. The molecule has 1 aromatic heterocycles. The summed E-state index contributed by atoms with van der Waals surface area (Å²) < 4.78 is 5.23. The molecule has 1 aliphatic heterocycles. The van der Waals surface area contributed by atoms with Gasteiger partial charge in [-0.3, -0.25) is 4.79 Å². The summed E-state index contributed by atoms with van der Waals surface area (Å²) in [5, 5.41) is 7.53. The van der Waals surface area contributed by atoms with Crippen LogP contribution in [0.4, 0.5) is 0 Å². The number of amides is 1. The molecule has 0 bridgehead atoms. The van der Waals surface area contributed by atoms with E-state index in [0.717, 1.165) is 12.0 Å². The molecule has 0 aliphatic carbocycles. The lowest BCUT2D eigenvalue weighted by atomic mass is 10.1. The zero-order chi connectivity index (χ0) is 13.9. The molecular weight excluding hydrogens is 278 g/mol. The van der Waals surface area contributed by atoms with Gasteiger partial charge in [0.1, 0.15) is 0 Å². The first-order valence-electron chi connectivity index (χ1n) is 6.55. The maximum Gasteiger partial charge on any atom is 0.231 e. The van der Waals surface area contributed by atoms with Crippen LogP contribution in [0.5, 0.6) is 0 Å². The van der Waals surface area contributed by atoms with Crippen molar-refractivity contribution in [3.05, 3.63) is 46.6 Å². The highest BCUT2D eigenvalue weighted by Crippen LogP contribution is 2.18. The number of nitrogens with zero attached hydrogens (tertiary/aromatic N) is 2. The minimum absolute atomic E-state index is 0.0924. The van der Waals surface area contributed by atoms with Crippen LogP contribution in [0.1, 0.15) is 30.1 Å². The third-order valence-corrected chi connectivity index (χ3v) is 3.69. The molecule has 2 aromatic rings. The van der Waals surface area contributed by atoms with Crippen LogP contribution in [0.15, 0.2) is 28.8 Å². The van der Waals surface area contributed by atoms with Gasteiger partial charge in [-0.05, 0) is 18.1 Å². The number of nitrogens with one attached hydrogen (secondary N) is 1. The third-order valence-electron chi connectivity index (χ3n) is 3.32. The van der Waals surface area contributed by atoms with Gasteiger partial charge < -0.3 is 9.84 Å². The molecule has 6 heteroatoms. The quantitative estimate of drug-likeness (QED) is 0.937. The van der Waals surface area contributed by atoms with E-state index in [1.165, 1.54) is 0 Å². The summed E-state index contributed by atoms with van der Waals surface area (Å²) in [5.41, 5.74) is 0.957. The average molecular weight is 292 g/mol. The number of benzene rings is 1. The Kier molecular flexibility index (Phi) is 3.69. The smallest absolute Gasteiger partial charge is 0.231 e. The summed E-state index contributed by atoms with van der Waals surface area (Å²) >= 11 is 6.10. The van der Waals surface area contributed by atoms with E-state index in [2.05, 4.69) is 15.5 Å². The predicted molar refractivity (Wildman–Crippen MR) is 73.4 cm³/mol. The van der Waals surface area contributed by atoms with E-state index in [4.69, 9.17) is 16.1 Å². The maximum atomic E-state index is 11.1. The van der Waals surface area contributed by atoms with Crippen LogP contribution in [0, 0.1) is 0 Å². The van der Waals surface area contributed by atoms with Crippen LogP contribution in [-0.2, 0) is 17.6 Å². The minimum Gasteiger partial charge on any atom is -0.353 e. The zero-order valence-corrected chi connectivity index (χ0v) is 11.6. The van der Waals surface area contributed by atoms with E-state index in [-0.39, 0.29) is 11.9 Å². The number of hydrogen-bond acceptors (Lipinski definition) is 4. The van der Waals surface area contributed by atoms with Gasteiger partial charge in [0.15, 0.2) is 5.82 Å². The van der Waals surface area contributed by atoms with Gasteiger partial charge in [-0.2, -0.15) is 4.98 Å². The molecular formula is C14H14ClN3O2. The molecule has 1 amide bonds. The molecule has 1 atom stereocenters. The Labute approximate surface area is 121 Å². The average Bonchev–Trinajstić information content (AvgIpc) is 3.02. The van der Waals surface area contributed by atoms with E-state index in [9.17, 15) is 4.79 Å². The van der Waals surface area contributed by atoms with Gasteiger partial charge in [0, 0.05) is 23.9 Å². The normalized spacial score (nSPS) is 18.2. The Hall–Kier alpha value is -1.88.